The third-order valence-corrected chi connectivity index (χ3v) is 3.76. The van der Waals surface area contributed by atoms with Crippen LogP contribution in [-0.2, 0) is 6.42 Å². The van der Waals surface area contributed by atoms with Gasteiger partial charge in [0.2, 0.25) is 0 Å². The molecule has 1 aliphatic carbocycles. The highest BCUT2D eigenvalue weighted by molar-refractivity contribution is 5.14. The Morgan fingerprint density at radius 3 is 2.47 bits per heavy atom. The summed E-state index contributed by atoms with van der Waals surface area (Å²) in [4.78, 5) is 0. The maximum absolute atomic E-state index is 9.64. The Balaban J connectivity index is 1.76. The molecule has 1 saturated carbocycles. The summed E-state index contributed by atoms with van der Waals surface area (Å²) in [6.45, 7) is 1.94. The zero-order valence-corrected chi connectivity index (χ0v) is 9.45. The van der Waals surface area contributed by atoms with Crippen LogP contribution >= 0.6 is 0 Å². The van der Waals surface area contributed by atoms with E-state index >= 15 is 0 Å². The minimum Gasteiger partial charge on any atom is -0.393 e. The van der Waals surface area contributed by atoms with E-state index in [1.165, 1.54) is 31.2 Å². The van der Waals surface area contributed by atoms with Crippen LogP contribution in [0.1, 0.15) is 38.2 Å². The molecule has 2 rings (SSSR count). The summed E-state index contributed by atoms with van der Waals surface area (Å²) in [6.07, 6.45) is 5.86. The Kier molecular flexibility index (Phi) is 3.11. The summed E-state index contributed by atoms with van der Waals surface area (Å²) < 4.78 is 0. The minimum absolute atomic E-state index is 0.117. The first kappa shape index (κ1) is 10.7. The average Bonchev–Trinajstić information content (AvgIpc) is 3.01. The van der Waals surface area contributed by atoms with Crippen LogP contribution in [0.5, 0.6) is 0 Å². The normalized spacial score (nSPS) is 19.9. The summed E-state index contributed by atoms with van der Waals surface area (Å²) in [7, 11) is 0. The predicted molar refractivity (Wildman–Crippen MR) is 62.7 cm³/mol. The lowest BCUT2D eigenvalue weighted by Crippen LogP contribution is -2.17. The predicted octanol–water partition coefficient (Wildman–Crippen LogP) is 3.17. The Morgan fingerprint density at radius 1 is 1.27 bits per heavy atom. The van der Waals surface area contributed by atoms with Gasteiger partial charge in [0.05, 0.1) is 6.10 Å². The molecule has 0 bridgehead atoms. The molecule has 0 radical (unpaired) electrons. The van der Waals surface area contributed by atoms with E-state index in [-0.39, 0.29) is 11.5 Å². The summed E-state index contributed by atoms with van der Waals surface area (Å²) in [6, 6.07) is 10.6. The van der Waals surface area contributed by atoms with E-state index in [9.17, 15) is 5.11 Å². The first-order chi connectivity index (χ1) is 7.23. The van der Waals surface area contributed by atoms with Crippen molar-refractivity contribution in [1.82, 2.24) is 0 Å². The molecule has 1 aromatic carbocycles. The lowest BCUT2D eigenvalue weighted by atomic mass is 9.92. The summed E-state index contributed by atoms with van der Waals surface area (Å²) in [5.41, 5.74) is 1.70. The zero-order valence-electron chi connectivity index (χ0n) is 9.45. The Morgan fingerprint density at radius 2 is 1.93 bits per heavy atom. The van der Waals surface area contributed by atoms with Crippen LogP contribution in [0, 0.1) is 5.41 Å². The van der Waals surface area contributed by atoms with Crippen molar-refractivity contribution in [1.29, 1.82) is 0 Å². The van der Waals surface area contributed by atoms with Crippen molar-refractivity contribution < 1.29 is 5.11 Å². The molecule has 0 aliphatic heterocycles. The molecular formula is C14H20O. The molecule has 1 nitrogen and oxygen atoms in total. The smallest absolute Gasteiger partial charge is 0.0568 e. The highest BCUT2D eigenvalue weighted by Gasteiger charge is 2.45. The number of aliphatic hydroxyl groups excluding tert-OH is 1. The lowest BCUT2D eigenvalue weighted by Gasteiger charge is -2.17. The van der Waals surface area contributed by atoms with Crippen molar-refractivity contribution in [3.05, 3.63) is 35.9 Å². The number of hydrogen-bond donors (Lipinski definition) is 1. The van der Waals surface area contributed by atoms with Gasteiger partial charge in [-0.15, -0.1) is 0 Å². The molecule has 1 unspecified atom stereocenters. The van der Waals surface area contributed by atoms with Crippen molar-refractivity contribution in [2.45, 2.75) is 45.1 Å². The highest BCUT2D eigenvalue weighted by atomic mass is 16.3. The zero-order chi connectivity index (χ0) is 10.7. The van der Waals surface area contributed by atoms with Gasteiger partial charge in [0.1, 0.15) is 0 Å². The van der Waals surface area contributed by atoms with E-state index in [0.29, 0.717) is 0 Å². The molecule has 0 aromatic heterocycles. The van der Waals surface area contributed by atoms with E-state index in [0.717, 1.165) is 6.42 Å². The minimum atomic E-state index is -0.117. The number of rotatable bonds is 5. The van der Waals surface area contributed by atoms with Crippen LogP contribution < -0.4 is 0 Å². The second kappa shape index (κ2) is 4.36. The quantitative estimate of drug-likeness (QED) is 0.781. The molecule has 0 spiro atoms. The molecule has 1 aliphatic rings. The highest BCUT2D eigenvalue weighted by Crippen LogP contribution is 2.52. The fourth-order valence-corrected chi connectivity index (χ4v) is 2.33. The molecule has 82 valence electrons. The van der Waals surface area contributed by atoms with Crippen molar-refractivity contribution in [2.24, 2.45) is 5.41 Å². The molecule has 1 N–H and O–H groups in total. The fourth-order valence-electron chi connectivity index (χ4n) is 2.33. The SMILES string of the molecule is CC(O)C1(CCCc2ccccc2)CC1. The molecule has 0 saturated heterocycles. The molecule has 1 heteroatoms. The second-order valence-corrected chi connectivity index (χ2v) is 4.88. The van der Waals surface area contributed by atoms with Crippen LogP contribution in [-0.4, -0.2) is 11.2 Å². The number of aryl methyl sites for hydroxylation is 1. The molecule has 0 amide bonds. The van der Waals surface area contributed by atoms with Gasteiger partial charge in [0, 0.05) is 0 Å². The standard InChI is InChI=1S/C14H20O/c1-12(15)14(10-11-14)9-5-8-13-6-3-2-4-7-13/h2-4,6-7,12,15H,5,8-11H2,1H3. The molecule has 1 aromatic rings. The maximum atomic E-state index is 9.64. The van der Waals surface area contributed by atoms with Gasteiger partial charge in [-0.3, -0.25) is 0 Å². The van der Waals surface area contributed by atoms with Crippen LogP contribution in [0.3, 0.4) is 0 Å². The summed E-state index contributed by atoms with van der Waals surface area (Å²) in [5, 5.41) is 9.64. The first-order valence-corrected chi connectivity index (χ1v) is 5.95. The maximum Gasteiger partial charge on any atom is 0.0568 e. The van der Waals surface area contributed by atoms with Crippen LogP contribution in [0.15, 0.2) is 30.3 Å². The van der Waals surface area contributed by atoms with Gasteiger partial charge in [0.15, 0.2) is 0 Å². The van der Waals surface area contributed by atoms with Gasteiger partial charge in [-0.2, -0.15) is 0 Å². The first-order valence-electron chi connectivity index (χ1n) is 5.95. The van der Waals surface area contributed by atoms with Crippen molar-refractivity contribution >= 4 is 0 Å². The van der Waals surface area contributed by atoms with Gasteiger partial charge < -0.3 is 5.11 Å². The topological polar surface area (TPSA) is 20.2 Å². The van der Waals surface area contributed by atoms with Crippen molar-refractivity contribution in [2.75, 3.05) is 0 Å². The largest absolute Gasteiger partial charge is 0.393 e. The second-order valence-electron chi connectivity index (χ2n) is 4.88. The van der Waals surface area contributed by atoms with E-state index in [1.807, 2.05) is 6.92 Å². The third-order valence-electron chi connectivity index (χ3n) is 3.76. The van der Waals surface area contributed by atoms with Crippen LogP contribution in [0.25, 0.3) is 0 Å². The van der Waals surface area contributed by atoms with Gasteiger partial charge in [-0.25, -0.2) is 0 Å². The van der Waals surface area contributed by atoms with Gasteiger partial charge >= 0.3 is 0 Å². The molecule has 15 heavy (non-hydrogen) atoms. The van der Waals surface area contributed by atoms with Gasteiger partial charge in [-0.05, 0) is 50.0 Å². The van der Waals surface area contributed by atoms with Crippen LogP contribution in [0.2, 0.25) is 0 Å². The number of aliphatic hydroxyl groups is 1. The summed E-state index contributed by atoms with van der Waals surface area (Å²) >= 11 is 0. The van der Waals surface area contributed by atoms with Crippen molar-refractivity contribution in [3.63, 3.8) is 0 Å². The molecule has 0 heterocycles. The number of benzene rings is 1. The van der Waals surface area contributed by atoms with E-state index in [1.54, 1.807) is 0 Å². The van der Waals surface area contributed by atoms with Gasteiger partial charge in [0.25, 0.3) is 0 Å². The third kappa shape index (κ3) is 2.60. The monoisotopic (exact) mass is 204 g/mol. The van der Waals surface area contributed by atoms with E-state index < -0.39 is 0 Å². The lowest BCUT2D eigenvalue weighted by molar-refractivity contribution is 0.103. The Hall–Kier alpha value is -0.820. The van der Waals surface area contributed by atoms with E-state index in [2.05, 4.69) is 30.3 Å². The molecule has 1 atom stereocenters. The molecule has 1 fully saturated rings. The van der Waals surface area contributed by atoms with Crippen molar-refractivity contribution in [3.8, 4) is 0 Å². The average molecular weight is 204 g/mol. The summed E-state index contributed by atoms with van der Waals surface area (Å²) in [5.74, 6) is 0. The van der Waals surface area contributed by atoms with Crippen LogP contribution in [0.4, 0.5) is 0 Å². The van der Waals surface area contributed by atoms with E-state index in [4.69, 9.17) is 0 Å². The Bertz CT molecular complexity index is 298. The number of hydrogen-bond acceptors (Lipinski definition) is 1. The molecular weight excluding hydrogens is 184 g/mol. The fraction of sp³-hybridized carbons (Fsp3) is 0.571. The van der Waals surface area contributed by atoms with Gasteiger partial charge in [-0.1, -0.05) is 30.3 Å². The Labute approximate surface area is 92.1 Å².